The molecule has 0 atom stereocenters. The first-order chi connectivity index (χ1) is 10.6. The molecule has 0 spiro atoms. The summed E-state index contributed by atoms with van der Waals surface area (Å²) in [7, 11) is -0.385. The van der Waals surface area contributed by atoms with Crippen molar-refractivity contribution in [3.05, 3.63) is 29.8 Å². The molecule has 0 N–H and O–H groups in total. The number of hydrogen-bond acceptors (Lipinski definition) is 4. The first-order valence-electron chi connectivity index (χ1n) is 7.89. The largest absolute Gasteiger partial charge is 0.494 e. The van der Waals surface area contributed by atoms with Crippen molar-refractivity contribution in [3.63, 3.8) is 0 Å². The number of carbonyl (C=O) groups is 1. The van der Waals surface area contributed by atoms with Gasteiger partial charge >= 0.3 is 12.5 Å². The summed E-state index contributed by atoms with van der Waals surface area (Å²) < 4.78 is 16.6. The maximum absolute atomic E-state index is 10.5. The van der Waals surface area contributed by atoms with E-state index in [0.717, 1.165) is 11.0 Å². The second-order valence-electron chi connectivity index (χ2n) is 6.56. The van der Waals surface area contributed by atoms with Crippen molar-refractivity contribution in [3.8, 4) is 0 Å². The Hall–Kier alpha value is -1.04. The molecule has 1 saturated heterocycles. The van der Waals surface area contributed by atoms with Crippen molar-refractivity contribution in [1.29, 1.82) is 0 Å². The van der Waals surface area contributed by atoms with Crippen molar-refractivity contribution >= 4 is 29.6 Å². The van der Waals surface area contributed by atoms with Crippen molar-refractivity contribution < 1.29 is 18.8 Å². The van der Waals surface area contributed by atoms with Gasteiger partial charge in [0.1, 0.15) is 6.61 Å². The monoisotopic (exact) mass is 340 g/mol. The lowest BCUT2D eigenvalue weighted by Crippen LogP contribution is -2.41. The lowest BCUT2D eigenvalue weighted by atomic mass is 9.79. The summed E-state index contributed by atoms with van der Waals surface area (Å²) >= 11 is 5.12. The van der Waals surface area contributed by atoms with E-state index in [1.54, 1.807) is 0 Å². The Bertz CT molecular complexity index is 498. The van der Waals surface area contributed by atoms with Gasteiger partial charge in [-0.3, -0.25) is 0 Å². The molecule has 128 valence electrons. The Morgan fingerprint density at radius 1 is 1.09 bits per heavy atom. The van der Waals surface area contributed by atoms with Crippen LogP contribution < -0.4 is 5.46 Å². The van der Waals surface area contributed by atoms with Gasteiger partial charge in [-0.25, -0.2) is 4.79 Å². The maximum Gasteiger partial charge on any atom is 0.494 e. The molecule has 2 rings (SSSR count). The third-order valence-corrected chi connectivity index (χ3v) is 3.97. The molecule has 1 aliphatic heterocycles. The molecule has 1 heterocycles. The van der Waals surface area contributed by atoms with Gasteiger partial charge in [0.05, 0.1) is 11.2 Å². The van der Waals surface area contributed by atoms with Crippen LogP contribution in [0.3, 0.4) is 0 Å². The molecule has 6 heteroatoms. The SMILES string of the molecule is CC1(C)OB(c2ccc(COC(=O)Cl)cc2)OC1(C)C.CCC. The molecule has 0 bridgehead atoms. The molecule has 1 aromatic carbocycles. The fraction of sp³-hybridized carbons (Fsp3) is 0.588. The van der Waals surface area contributed by atoms with Crippen molar-refractivity contribution in [1.82, 2.24) is 0 Å². The van der Waals surface area contributed by atoms with Crippen LogP contribution >= 0.6 is 11.6 Å². The number of rotatable bonds is 3. The van der Waals surface area contributed by atoms with Gasteiger partial charge in [0, 0.05) is 11.6 Å². The molecule has 0 aliphatic carbocycles. The molecule has 23 heavy (non-hydrogen) atoms. The van der Waals surface area contributed by atoms with E-state index >= 15 is 0 Å². The number of hydrogen-bond donors (Lipinski definition) is 0. The highest BCUT2D eigenvalue weighted by atomic mass is 35.5. The second kappa shape index (κ2) is 8.18. The topological polar surface area (TPSA) is 44.8 Å². The lowest BCUT2D eigenvalue weighted by Gasteiger charge is -2.32. The van der Waals surface area contributed by atoms with E-state index in [1.807, 2.05) is 52.0 Å². The van der Waals surface area contributed by atoms with Crippen LogP contribution in [0, 0.1) is 0 Å². The summed E-state index contributed by atoms with van der Waals surface area (Å²) in [5.74, 6) is 0. The second-order valence-corrected chi connectivity index (χ2v) is 6.87. The minimum Gasteiger partial charge on any atom is -0.449 e. The zero-order chi connectivity index (χ0) is 17.7. The standard InChI is InChI=1S/C14H18BClO4.C3H8/c1-13(2)14(3,4)20-15(19-13)11-7-5-10(6-8-11)9-18-12(16)17;1-3-2/h5-8H,9H2,1-4H3;3H2,1-2H3. The van der Waals surface area contributed by atoms with Gasteiger partial charge in [-0.15, -0.1) is 0 Å². The quantitative estimate of drug-likeness (QED) is 0.608. The van der Waals surface area contributed by atoms with E-state index in [1.165, 1.54) is 6.42 Å². The highest BCUT2D eigenvalue weighted by molar-refractivity contribution is 6.62. The molecule has 1 aromatic rings. The molecule has 1 fully saturated rings. The Labute approximate surface area is 144 Å². The Morgan fingerprint density at radius 2 is 1.52 bits per heavy atom. The van der Waals surface area contributed by atoms with Gasteiger partial charge in [-0.2, -0.15) is 0 Å². The van der Waals surface area contributed by atoms with Crippen LogP contribution in [0.1, 0.15) is 53.5 Å². The van der Waals surface area contributed by atoms with E-state index in [-0.39, 0.29) is 24.9 Å². The average molecular weight is 341 g/mol. The van der Waals surface area contributed by atoms with Crippen LogP contribution in [0.2, 0.25) is 0 Å². The van der Waals surface area contributed by atoms with E-state index in [4.69, 9.17) is 25.6 Å². The summed E-state index contributed by atoms with van der Waals surface area (Å²) in [6.07, 6.45) is 1.25. The predicted molar refractivity (Wildman–Crippen MR) is 94.2 cm³/mol. The highest BCUT2D eigenvalue weighted by Gasteiger charge is 2.51. The Kier molecular flexibility index (Phi) is 7.12. The molecule has 0 unspecified atom stereocenters. The van der Waals surface area contributed by atoms with Gasteiger partial charge in [0.25, 0.3) is 0 Å². The molecule has 0 saturated carbocycles. The van der Waals surface area contributed by atoms with Crippen molar-refractivity contribution in [2.45, 2.75) is 65.8 Å². The molecule has 1 aliphatic rings. The van der Waals surface area contributed by atoms with Crippen LogP contribution in [-0.4, -0.2) is 23.7 Å². The third kappa shape index (κ3) is 5.52. The third-order valence-electron chi connectivity index (χ3n) is 3.86. The van der Waals surface area contributed by atoms with Gasteiger partial charge in [-0.1, -0.05) is 44.5 Å². The summed E-state index contributed by atoms with van der Waals surface area (Å²) in [5.41, 5.74) is 0.276. The number of halogens is 1. The number of carbonyl (C=O) groups excluding carboxylic acids is 1. The minimum atomic E-state index is -0.806. The first kappa shape index (κ1) is 20.0. The minimum absolute atomic E-state index is 0.159. The van der Waals surface area contributed by atoms with Crippen LogP contribution in [0.15, 0.2) is 24.3 Å². The fourth-order valence-electron chi connectivity index (χ4n) is 1.89. The fourth-order valence-corrected chi connectivity index (χ4v) is 1.94. The maximum atomic E-state index is 10.5. The van der Waals surface area contributed by atoms with Crippen LogP contribution in [0.4, 0.5) is 4.79 Å². The van der Waals surface area contributed by atoms with Gasteiger partial charge < -0.3 is 14.0 Å². The Morgan fingerprint density at radius 3 is 1.91 bits per heavy atom. The predicted octanol–water partition coefficient (Wildman–Crippen LogP) is 4.28. The molecule has 0 amide bonds. The lowest BCUT2D eigenvalue weighted by molar-refractivity contribution is 0.00578. The van der Waals surface area contributed by atoms with Gasteiger partial charge in [-0.05, 0) is 38.7 Å². The molecule has 0 radical (unpaired) electrons. The Balaban J connectivity index is 0.000000816. The van der Waals surface area contributed by atoms with Crippen molar-refractivity contribution in [2.75, 3.05) is 0 Å². The van der Waals surface area contributed by atoms with Crippen LogP contribution in [0.5, 0.6) is 0 Å². The van der Waals surface area contributed by atoms with Crippen molar-refractivity contribution in [2.24, 2.45) is 0 Å². The zero-order valence-electron chi connectivity index (χ0n) is 14.8. The molecular weight excluding hydrogens is 314 g/mol. The van der Waals surface area contributed by atoms with E-state index in [0.29, 0.717) is 0 Å². The summed E-state index contributed by atoms with van der Waals surface area (Å²) in [5, 5.41) is 0. The number of ether oxygens (including phenoxy) is 1. The van der Waals surface area contributed by atoms with E-state index in [9.17, 15) is 4.79 Å². The smallest absolute Gasteiger partial charge is 0.449 e. The summed E-state index contributed by atoms with van der Waals surface area (Å²) in [6, 6.07) is 7.53. The summed E-state index contributed by atoms with van der Waals surface area (Å²) in [6.45, 7) is 12.5. The molecular formula is C17H26BClO4. The van der Waals surface area contributed by atoms with Crippen LogP contribution in [0.25, 0.3) is 0 Å². The van der Waals surface area contributed by atoms with E-state index < -0.39 is 5.43 Å². The average Bonchev–Trinajstić information content (AvgIpc) is 2.67. The zero-order valence-corrected chi connectivity index (χ0v) is 15.6. The summed E-state index contributed by atoms with van der Waals surface area (Å²) in [4.78, 5) is 10.5. The molecule has 0 aromatic heterocycles. The molecule has 4 nitrogen and oxygen atoms in total. The van der Waals surface area contributed by atoms with Gasteiger partial charge in [0.2, 0.25) is 0 Å². The van der Waals surface area contributed by atoms with Crippen LogP contribution in [-0.2, 0) is 20.7 Å². The normalized spacial score (nSPS) is 18.1. The number of benzene rings is 1. The first-order valence-corrected chi connectivity index (χ1v) is 8.27. The van der Waals surface area contributed by atoms with E-state index in [2.05, 4.69) is 13.8 Å². The van der Waals surface area contributed by atoms with Gasteiger partial charge in [0.15, 0.2) is 0 Å². The highest BCUT2D eigenvalue weighted by Crippen LogP contribution is 2.36.